The molecule has 0 saturated carbocycles. The normalized spacial score (nSPS) is 16.0. The van der Waals surface area contributed by atoms with Crippen LogP contribution in [0.25, 0.3) is 0 Å². The number of hydrogen-bond donors (Lipinski definition) is 0. The lowest BCUT2D eigenvalue weighted by Gasteiger charge is -2.36. The zero-order valence-corrected chi connectivity index (χ0v) is 16.7. The number of ether oxygens (including phenoxy) is 1. The number of halogens is 1. The van der Waals surface area contributed by atoms with Gasteiger partial charge in [-0.05, 0) is 56.7 Å². The van der Waals surface area contributed by atoms with E-state index < -0.39 is 15.8 Å². The van der Waals surface area contributed by atoms with E-state index in [1.54, 1.807) is 6.92 Å². The van der Waals surface area contributed by atoms with E-state index in [9.17, 15) is 12.8 Å². The minimum absolute atomic E-state index is 0.0644. The van der Waals surface area contributed by atoms with E-state index in [-0.39, 0.29) is 11.0 Å². The third-order valence-corrected chi connectivity index (χ3v) is 6.47. The number of sulfonamides is 1. The fourth-order valence-corrected chi connectivity index (χ4v) is 4.68. The predicted octanol–water partition coefficient (Wildman–Crippen LogP) is 3.43. The van der Waals surface area contributed by atoms with E-state index in [1.807, 2.05) is 38.1 Å². The van der Waals surface area contributed by atoms with Crippen molar-refractivity contribution in [1.82, 2.24) is 4.31 Å². The molecule has 0 spiro atoms. The van der Waals surface area contributed by atoms with E-state index in [0.717, 1.165) is 11.4 Å². The Kier molecular flexibility index (Phi) is 5.72. The first-order chi connectivity index (χ1) is 12.8. The molecule has 0 aliphatic carbocycles. The number of benzene rings is 2. The maximum Gasteiger partial charge on any atom is 0.243 e. The van der Waals surface area contributed by atoms with Crippen LogP contribution in [0.5, 0.6) is 5.75 Å². The highest BCUT2D eigenvalue weighted by Gasteiger charge is 2.29. The van der Waals surface area contributed by atoms with Gasteiger partial charge in [-0.3, -0.25) is 0 Å². The van der Waals surface area contributed by atoms with Crippen LogP contribution in [0.3, 0.4) is 0 Å². The zero-order chi connectivity index (χ0) is 19.6. The number of para-hydroxylation sites is 2. The first-order valence-corrected chi connectivity index (χ1v) is 10.5. The van der Waals surface area contributed by atoms with E-state index in [2.05, 4.69) is 4.90 Å². The molecule has 0 atom stereocenters. The van der Waals surface area contributed by atoms with Crippen LogP contribution in [-0.2, 0) is 10.0 Å². The molecule has 5 nitrogen and oxygen atoms in total. The molecule has 0 unspecified atom stereocenters. The fraction of sp³-hybridized carbons (Fsp3) is 0.400. The Morgan fingerprint density at radius 2 is 1.70 bits per heavy atom. The van der Waals surface area contributed by atoms with Gasteiger partial charge in [-0.1, -0.05) is 12.1 Å². The van der Waals surface area contributed by atoms with Crippen molar-refractivity contribution in [3.05, 3.63) is 53.8 Å². The summed E-state index contributed by atoms with van der Waals surface area (Å²) in [5.74, 6) is 0.401. The van der Waals surface area contributed by atoms with Crippen LogP contribution in [0.15, 0.2) is 47.4 Å². The maximum absolute atomic E-state index is 13.5. The largest absolute Gasteiger partial charge is 0.489 e. The van der Waals surface area contributed by atoms with Gasteiger partial charge < -0.3 is 9.64 Å². The van der Waals surface area contributed by atoms with Crippen molar-refractivity contribution < 1.29 is 17.5 Å². The van der Waals surface area contributed by atoms with Gasteiger partial charge in [-0.2, -0.15) is 4.31 Å². The summed E-state index contributed by atoms with van der Waals surface area (Å²) in [4.78, 5) is 2.28. The third-order valence-electron chi connectivity index (χ3n) is 4.57. The van der Waals surface area contributed by atoms with Crippen LogP contribution in [0.2, 0.25) is 0 Å². The summed E-state index contributed by atoms with van der Waals surface area (Å²) >= 11 is 0. The molecule has 1 aliphatic rings. The Bertz CT molecular complexity index is 907. The van der Waals surface area contributed by atoms with Gasteiger partial charge in [0, 0.05) is 26.2 Å². The second-order valence-corrected chi connectivity index (χ2v) is 8.87. The molecule has 0 amide bonds. The lowest BCUT2D eigenvalue weighted by molar-refractivity contribution is 0.242. The summed E-state index contributed by atoms with van der Waals surface area (Å²) in [6.07, 6.45) is 0.0644. The summed E-state index contributed by atoms with van der Waals surface area (Å²) in [5.41, 5.74) is 1.30. The Balaban J connectivity index is 1.75. The molecule has 0 bridgehead atoms. The number of aryl methyl sites for hydroxylation is 1. The van der Waals surface area contributed by atoms with Gasteiger partial charge in [-0.25, -0.2) is 12.8 Å². The molecule has 0 aromatic heterocycles. The van der Waals surface area contributed by atoms with E-state index in [0.29, 0.717) is 31.7 Å². The summed E-state index contributed by atoms with van der Waals surface area (Å²) in [6.45, 7) is 7.40. The molecule has 1 saturated heterocycles. The van der Waals surface area contributed by atoms with Crippen LogP contribution in [0, 0.1) is 12.7 Å². The van der Waals surface area contributed by atoms with Crippen molar-refractivity contribution in [1.29, 1.82) is 0 Å². The molecule has 0 radical (unpaired) electrons. The monoisotopic (exact) mass is 392 g/mol. The van der Waals surface area contributed by atoms with Gasteiger partial charge in [0.2, 0.25) is 10.0 Å². The van der Waals surface area contributed by atoms with Crippen LogP contribution in [0.4, 0.5) is 10.1 Å². The summed E-state index contributed by atoms with van der Waals surface area (Å²) in [5, 5.41) is 0. The highest BCUT2D eigenvalue weighted by Crippen LogP contribution is 2.30. The summed E-state index contributed by atoms with van der Waals surface area (Å²) in [6, 6.07) is 11.7. The zero-order valence-electron chi connectivity index (χ0n) is 15.9. The van der Waals surface area contributed by atoms with Crippen LogP contribution < -0.4 is 9.64 Å². The topological polar surface area (TPSA) is 49.9 Å². The number of hydrogen-bond acceptors (Lipinski definition) is 4. The molecule has 3 rings (SSSR count). The average molecular weight is 392 g/mol. The van der Waals surface area contributed by atoms with Gasteiger partial charge in [0.1, 0.15) is 11.6 Å². The Morgan fingerprint density at radius 1 is 1.04 bits per heavy atom. The second kappa shape index (κ2) is 7.86. The summed E-state index contributed by atoms with van der Waals surface area (Å²) in [7, 11) is -3.63. The predicted molar refractivity (Wildman–Crippen MR) is 104 cm³/mol. The Hall–Kier alpha value is -2.12. The van der Waals surface area contributed by atoms with E-state index in [4.69, 9.17) is 4.74 Å². The Labute approximate surface area is 160 Å². The molecule has 146 valence electrons. The minimum Gasteiger partial charge on any atom is -0.489 e. The molecule has 1 heterocycles. The number of piperazine rings is 1. The summed E-state index contributed by atoms with van der Waals surface area (Å²) < 4.78 is 46.5. The van der Waals surface area contributed by atoms with Gasteiger partial charge in [0.25, 0.3) is 0 Å². The minimum atomic E-state index is -3.63. The first-order valence-electron chi connectivity index (χ1n) is 9.06. The van der Waals surface area contributed by atoms with E-state index in [1.165, 1.54) is 22.5 Å². The number of nitrogens with zero attached hydrogens (tertiary/aromatic N) is 2. The van der Waals surface area contributed by atoms with Crippen LogP contribution >= 0.6 is 0 Å². The van der Waals surface area contributed by atoms with Crippen molar-refractivity contribution >= 4 is 15.7 Å². The highest BCUT2D eigenvalue weighted by molar-refractivity contribution is 7.89. The molecular formula is C20H25FN2O3S. The molecule has 7 heteroatoms. The van der Waals surface area contributed by atoms with Gasteiger partial charge in [-0.15, -0.1) is 0 Å². The maximum atomic E-state index is 13.5. The van der Waals surface area contributed by atoms with Crippen LogP contribution in [0.1, 0.15) is 19.4 Å². The standard InChI is InChI=1S/C20H25FN2O3S/c1-15(2)26-20-7-5-4-6-19(20)22-10-12-23(13-11-22)27(24,25)17-8-9-18(21)16(3)14-17/h4-9,14-15H,10-13H2,1-3H3. The number of rotatable bonds is 5. The lowest BCUT2D eigenvalue weighted by Crippen LogP contribution is -2.48. The van der Waals surface area contributed by atoms with E-state index >= 15 is 0 Å². The van der Waals surface area contributed by atoms with Crippen molar-refractivity contribution in [3.8, 4) is 5.75 Å². The fourth-order valence-electron chi connectivity index (χ4n) is 3.17. The van der Waals surface area contributed by atoms with Crippen molar-refractivity contribution in [2.45, 2.75) is 31.8 Å². The second-order valence-electron chi connectivity index (χ2n) is 6.94. The van der Waals surface area contributed by atoms with Gasteiger partial charge in [0.05, 0.1) is 16.7 Å². The van der Waals surface area contributed by atoms with Gasteiger partial charge >= 0.3 is 0 Å². The molecule has 1 fully saturated rings. The smallest absolute Gasteiger partial charge is 0.243 e. The average Bonchev–Trinajstić information content (AvgIpc) is 2.64. The molecule has 0 N–H and O–H groups in total. The number of anilines is 1. The van der Waals surface area contributed by atoms with Crippen molar-refractivity contribution in [2.24, 2.45) is 0 Å². The quantitative estimate of drug-likeness (QED) is 0.782. The Morgan fingerprint density at radius 3 is 2.33 bits per heavy atom. The van der Waals surface area contributed by atoms with Gasteiger partial charge in [0.15, 0.2) is 0 Å². The van der Waals surface area contributed by atoms with Crippen molar-refractivity contribution in [3.63, 3.8) is 0 Å². The SMILES string of the molecule is Cc1cc(S(=O)(=O)N2CCN(c3ccccc3OC(C)C)CC2)ccc1F. The lowest BCUT2D eigenvalue weighted by atomic mass is 10.2. The molecule has 2 aromatic carbocycles. The van der Waals surface area contributed by atoms with Crippen LogP contribution in [-0.4, -0.2) is 45.0 Å². The molecule has 2 aromatic rings. The molecular weight excluding hydrogens is 367 g/mol. The van der Waals surface area contributed by atoms with Crippen molar-refractivity contribution in [2.75, 3.05) is 31.1 Å². The first kappa shape index (κ1) is 19.6. The highest BCUT2D eigenvalue weighted by atomic mass is 32.2. The third kappa shape index (κ3) is 4.25. The molecule has 1 aliphatic heterocycles. The molecule has 27 heavy (non-hydrogen) atoms.